The van der Waals surface area contributed by atoms with Crippen LogP contribution in [-0.4, -0.2) is 17.6 Å². The lowest BCUT2D eigenvalue weighted by Gasteiger charge is -2.22. The molecule has 0 spiro atoms. The highest BCUT2D eigenvalue weighted by atomic mass is 16.5. The van der Waals surface area contributed by atoms with E-state index in [4.69, 9.17) is 10.5 Å². The molecule has 0 bridgehead atoms. The summed E-state index contributed by atoms with van der Waals surface area (Å²) in [6.45, 7) is 8.36. The number of hydrogen-bond donors (Lipinski definition) is 2. The van der Waals surface area contributed by atoms with Crippen molar-refractivity contribution in [3.8, 4) is 0 Å². The van der Waals surface area contributed by atoms with Crippen molar-refractivity contribution in [1.29, 1.82) is 0 Å². The normalized spacial score (nSPS) is 14.1. The number of benzene rings is 1. The molecule has 1 amide bonds. The van der Waals surface area contributed by atoms with Crippen LogP contribution in [0.4, 0.5) is 5.69 Å². The molecule has 0 saturated heterocycles. The van der Waals surface area contributed by atoms with Gasteiger partial charge in [0.1, 0.15) is 0 Å². The lowest BCUT2D eigenvalue weighted by Crippen LogP contribution is -2.48. The van der Waals surface area contributed by atoms with Gasteiger partial charge in [-0.25, -0.2) is 0 Å². The van der Waals surface area contributed by atoms with Crippen molar-refractivity contribution in [3.63, 3.8) is 0 Å². The van der Waals surface area contributed by atoms with Gasteiger partial charge in [-0.05, 0) is 44.9 Å². The van der Waals surface area contributed by atoms with E-state index in [9.17, 15) is 4.79 Å². The molecular formula is C16H26N2O2. The molecule has 0 saturated carbocycles. The van der Waals surface area contributed by atoms with Crippen LogP contribution in [0, 0.1) is 0 Å². The van der Waals surface area contributed by atoms with Crippen molar-refractivity contribution in [2.75, 3.05) is 5.32 Å². The number of rotatable bonds is 7. The molecular weight excluding hydrogens is 252 g/mol. The Morgan fingerprint density at radius 2 is 1.95 bits per heavy atom. The molecule has 0 aromatic heterocycles. The maximum Gasteiger partial charge on any atom is 0.244 e. The smallest absolute Gasteiger partial charge is 0.244 e. The van der Waals surface area contributed by atoms with Crippen molar-refractivity contribution in [1.82, 2.24) is 0 Å². The summed E-state index contributed by atoms with van der Waals surface area (Å²) in [7, 11) is 0. The van der Waals surface area contributed by atoms with Crippen molar-refractivity contribution >= 4 is 11.6 Å². The summed E-state index contributed by atoms with van der Waals surface area (Å²) in [5.74, 6) is -0.148. The lowest BCUT2D eigenvalue weighted by atomic mass is 9.96. The number of amides is 1. The van der Waals surface area contributed by atoms with Gasteiger partial charge in [0.15, 0.2) is 0 Å². The zero-order chi connectivity index (χ0) is 15.2. The molecule has 1 aromatic rings. The van der Waals surface area contributed by atoms with Crippen molar-refractivity contribution in [2.45, 2.75) is 58.8 Å². The largest absolute Gasteiger partial charge is 0.374 e. The first-order chi connectivity index (χ1) is 9.35. The topological polar surface area (TPSA) is 64.4 Å². The number of nitrogens with two attached hydrogens (primary N) is 1. The zero-order valence-electron chi connectivity index (χ0n) is 12.9. The molecule has 112 valence electrons. The quantitative estimate of drug-likeness (QED) is 0.805. The Kier molecular flexibility index (Phi) is 6.17. The molecule has 0 radical (unpaired) electrons. The van der Waals surface area contributed by atoms with E-state index in [1.807, 2.05) is 45.0 Å². The first-order valence-corrected chi connectivity index (χ1v) is 7.16. The van der Waals surface area contributed by atoms with Crippen LogP contribution in [0.2, 0.25) is 0 Å². The minimum absolute atomic E-state index is 0.148. The third-order valence-corrected chi connectivity index (χ3v) is 3.08. The molecule has 1 unspecified atom stereocenters. The highest BCUT2D eigenvalue weighted by Crippen LogP contribution is 2.15. The van der Waals surface area contributed by atoms with Gasteiger partial charge >= 0.3 is 0 Å². The van der Waals surface area contributed by atoms with Crippen molar-refractivity contribution < 1.29 is 9.53 Å². The third kappa shape index (κ3) is 5.31. The van der Waals surface area contributed by atoms with Crippen LogP contribution in [-0.2, 0) is 16.1 Å². The Morgan fingerprint density at radius 3 is 2.45 bits per heavy atom. The third-order valence-electron chi connectivity index (χ3n) is 3.08. The van der Waals surface area contributed by atoms with Crippen LogP contribution >= 0.6 is 0 Å². The van der Waals surface area contributed by atoms with Gasteiger partial charge in [-0.15, -0.1) is 0 Å². The molecule has 4 heteroatoms. The van der Waals surface area contributed by atoms with Gasteiger partial charge in [-0.2, -0.15) is 0 Å². The molecule has 4 nitrogen and oxygen atoms in total. The Morgan fingerprint density at radius 1 is 1.35 bits per heavy atom. The van der Waals surface area contributed by atoms with E-state index in [0.29, 0.717) is 13.0 Å². The SMILES string of the molecule is CCCC(C)(N)C(=O)Nc1ccc(COC(C)C)cc1. The molecule has 20 heavy (non-hydrogen) atoms. The summed E-state index contributed by atoms with van der Waals surface area (Å²) in [6.07, 6.45) is 1.76. The summed E-state index contributed by atoms with van der Waals surface area (Å²) >= 11 is 0. The Labute approximate surface area is 121 Å². The summed E-state index contributed by atoms with van der Waals surface area (Å²) in [4.78, 5) is 12.1. The minimum Gasteiger partial charge on any atom is -0.374 e. The second-order valence-electron chi connectivity index (χ2n) is 5.68. The maximum atomic E-state index is 12.1. The van der Waals surface area contributed by atoms with Crippen LogP contribution in [0.25, 0.3) is 0 Å². The molecule has 1 aromatic carbocycles. The monoisotopic (exact) mass is 278 g/mol. The van der Waals surface area contributed by atoms with Gasteiger partial charge in [-0.3, -0.25) is 4.79 Å². The van der Waals surface area contributed by atoms with Crippen LogP contribution in [0.1, 0.15) is 46.1 Å². The summed E-state index contributed by atoms with van der Waals surface area (Å²) < 4.78 is 5.53. The number of carbonyl (C=O) groups is 1. The van der Waals surface area contributed by atoms with E-state index in [0.717, 1.165) is 17.7 Å². The van der Waals surface area contributed by atoms with E-state index < -0.39 is 5.54 Å². The van der Waals surface area contributed by atoms with Gasteiger partial charge in [0, 0.05) is 5.69 Å². The summed E-state index contributed by atoms with van der Waals surface area (Å²) in [5, 5.41) is 2.85. The van der Waals surface area contributed by atoms with Crippen LogP contribution in [0.5, 0.6) is 0 Å². The van der Waals surface area contributed by atoms with Crippen LogP contribution in [0.15, 0.2) is 24.3 Å². The van der Waals surface area contributed by atoms with Crippen molar-refractivity contribution in [2.24, 2.45) is 5.73 Å². The Bertz CT molecular complexity index is 425. The molecule has 1 rings (SSSR count). The maximum absolute atomic E-state index is 12.1. The number of ether oxygens (including phenoxy) is 1. The van der Waals surface area contributed by atoms with E-state index in [1.54, 1.807) is 6.92 Å². The molecule has 0 heterocycles. The molecule has 3 N–H and O–H groups in total. The Balaban J connectivity index is 2.59. The molecule has 0 fully saturated rings. The first kappa shape index (κ1) is 16.7. The van der Waals surface area contributed by atoms with E-state index in [2.05, 4.69) is 5.32 Å². The molecule has 0 aliphatic rings. The predicted octanol–water partition coefficient (Wildman–Crippen LogP) is 3.07. The second kappa shape index (κ2) is 7.41. The summed E-state index contributed by atoms with van der Waals surface area (Å²) in [6, 6.07) is 7.65. The highest BCUT2D eigenvalue weighted by Gasteiger charge is 2.26. The van der Waals surface area contributed by atoms with Gasteiger partial charge in [0.25, 0.3) is 0 Å². The molecule has 0 aliphatic heterocycles. The van der Waals surface area contributed by atoms with E-state index in [1.165, 1.54) is 0 Å². The standard InChI is InChI=1S/C16H26N2O2/c1-5-10-16(4,17)15(19)18-14-8-6-13(7-9-14)11-20-12(2)3/h6-9,12H,5,10-11,17H2,1-4H3,(H,18,19). The zero-order valence-corrected chi connectivity index (χ0v) is 12.9. The van der Waals surface area contributed by atoms with Crippen molar-refractivity contribution in [3.05, 3.63) is 29.8 Å². The number of carbonyl (C=O) groups excluding carboxylic acids is 1. The molecule has 0 aliphatic carbocycles. The fraction of sp³-hybridized carbons (Fsp3) is 0.562. The predicted molar refractivity (Wildman–Crippen MR) is 82.5 cm³/mol. The second-order valence-corrected chi connectivity index (χ2v) is 5.68. The average Bonchev–Trinajstić information content (AvgIpc) is 2.37. The fourth-order valence-corrected chi connectivity index (χ4v) is 1.85. The van der Waals surface area contributed by atoms with Gasteiger partial charge in [-0.1, -0.05) is 25.5 Å². The average molecular weight is 278 g/mol. The first-order valence-electron chi connectivity index (χ1n) is 7.16. The fourth-order valence-electron chi connectivity index (χ4n) is 1.85. The minimum atomic E-state index is -0.825. The van der Waals surface area contributed by atoms with E-state index in [-0.39, 0.29) is 12.0 Å². The number of anilines is 1. The highest BCUT2D eigenvalue weighted by molar-refractivity contribution is 5.97. The van der Waals surface area contributed by atoms with E-state index >= 15 is 0 Å². The number of nitrogens with one attached hydrogen (secondary N) is 1. The van der Waals surface area contributed by atoms with Gasteiger partial charge in [0.05, 0.1) is 18.2 Å². The summed E-state index contributed by atoms with van der Waals surface area (Å²) in [5.41, 5.74) is 7.02. The number of hydrogen-bond acceptors (Lipinski definition) is 3. The van der Waals surface area contributed by atoms with Gasteiger partial charge in [0.2, 0.25) is 5.91 Å². The molecule has 1 atom stereocenters. The van der Waals surface area contributed by atoms with Crippen LogP contribution in [0.3, 0.4) is 0 Å². The van der Waals surface area contributed by atoms with Crippen LogP contribution < -0.4 is 11.1 Å². The van der Waals surface area contributed by atoms with Gasteiger partial charge < -0.3 is 15.8 Å². The Hall–Kier alpha value is -1.39. The lowest BCUT2D eigenvalue weighted by molar-refractivity contribution is -0.120.